The Hall–Kier alpha value is -4.39. The molecular formula is C29H32F2N8O3. The van der Waals surface area contributed by atoms with Crippen LogP contribution in [-0.2, 0) is 0 Å². The van der Waals surface area contributed by atoms with Gasteiger partial charge in [-0.2, -0.15) is 0 Å². The standard InChI is InChI=1S/C29H32F2N8O3/c1-17(2)42-21-12-32-29(33-13-21)37-8-5-19(6-9-37)39-15-23(31)25-26(34-16-35-27(25)39)36-24-4-3-18(11-22(24)30)28(41)38-10-7-20(40)14-38/h3-4,11-13,15-17,19-20,40H,5-10,14H2,1-2H3,(H,34,35,36)/t20-/m1/s1. The molecule has 2 fully saturated rings. The molecule has 0 unspecified atom stereocenters. The van der Waals surface area contributed by atoms with Gasteiger partial charge < -0.3 is 29.5 Å². The summed E-state index contributed by atoms with van der Waals surface area (Å²) < 4.78 is 37.8. The van der Waals surface area contributed by atoms with E-state index in [-0.39, 0.29) is 47.1 Å². The second kappa shape index (κ2) is 11.5. The summed E-state index contributed by atoms with van der Waals surface area (Å²) in [5, 5.41) is 12.7. The second-order valence-corrected chi connectivity index (χ2v) is 10.9. The maximum atomic E-state index is 15.3. The summed E-state index contributed by atoms with van der Waals surface area (Å²) in [5.41, 5.74) is 0.641. The van der Waals surface area contributed by atoms with Gasteiger partial charge in [-0.3, -0.25) is 4.79 Å². The minimum absolute atomic E-state index is 0.00862. The Morgan fingerprint density at radius 1 is 1.05 bits per heavy atom. The highest BCUT2D eigenvalue weighted by molar-refractivity contribution is 5.95. The second-order valence-electron chi connectivity index (χ2n) is 10.9. The number of aliphatic hydroxyl groups excluding tert-OH is 1. The molecule has 0 bridgehead atoms. The van der Waals surface area contributed by atoms with Gasteiger partial charge in [-0.25, -0.2) is 28.7 Å². The highest BCUT2D eigenvalue weighted by Crippen LogP contribution is 2.33. The van der Waals surface area contributed by atoms with Crippen molar-refractivity contribution < 1.29 is 23.4 Å². The first-order valence-electron chi connectivity index (χ1n) is 14.1. The first-order chi connectivity index (χ1) is 20.3. The van der Waals surface area contributed by atoms with E-state index in [0.29, 0.717) is 43.4 Å². The summed E-state index contributed by atoms with van der Waals surface area (Å²) >= 11 is 0. The van der Waals surface area contributed by atoms with E-state index in [1.54, 1.807) is 12.4 Å². The Morgan fingerprint density at radius 3 is 2.48 bits per heavy atom. The van der Waals surface area contributed by atoms with Gasteiger partial charge in [0.15, 0.2) is 11.6 Å². The monoisotopic (exact) mass is 578 g/mol. The predicted octanol–water partition coefficient (Wildman–Crippen LogP) is 4.08. The smallest absolute Gasteiger partial charge is 0.254 e. The van der Waals surface area contributed by atoms with Crippen molar-refractivity contribution in [2.24, 2.45) is 0 Å². The average molecular weight is 579 g/mol. The number of fused-ring (bicyclic) bond motifs is 1. The molecule has 4 aromatic rings. The number of piperidine rings is 1. The van der Waals surface area contributed by atoms with E-state index < -0.39 is 17.7 Å². The number of aromatic nitrogens is 5. The Labute approximate surface area is 241 Å². The molecular weight excluding hydrogens is 546 g/mol. The maximum Gasteiger partial charge on any atom is 0.254 e. The SMILES string of the molecule is CC(C)Oc1cnc(N2CCC(n3cc(F)c4c(Nc5ccc(C(=O)N6CC[C@@H](O)C6)cc5F)ncnc43)CC2)nc1. The molecule has 0 aliphatic carbocycles. The number of amides is 1. The number of benzene rings is 1. The third kappa shape index (κ3) is 5.56. The quantitative estimate of drug-likeness (QED) is 0.334. The van der Waals surface area contributed by atoms with Crippen molar-refractivity contribution in [2.75, 3.05) is 36.4 Å². The van der Waals surface area contributed by atoms with Gasteiger partial charge in [0.05, 0.1) is 35.7 Å². The Kier molecular flexibility index (Phi) is 7.58. The van der Waals surface area contributed by atoms with Crippen molar-refractivity contribution in [2.45, 2.75) is 51.4 Å². The Morgan fingerprint density at radius 2 is 1.81 bits per heavy atom. The summed E-state index contributed by atoms with van der Waals surface area (Å²) in [6.45, 7) is 5.89. The molecule has 220 valence electrons. The van der Waals surface area contributed by atoms with E-state index in [1.807, 2.05) is 18.4 Å². The van der Waals surface area contributed by atoms with Crippen molar-refractivity contribution in [1.29, 1.82) is 0 Å². The number of hydrogen-bond acceptors (Lipinski definition) is 9. The van der Waals surface area contributed by atoms with E-state index in [1.165, 1.54) is 29.6 Å². The summed E-state index contributed by atoms with van der Waals surface area (Å²) in [4.78, 5) is 33.7. The van der Waals surface area contributed by atoms with Crippen LogP contribution in [-0.4, -0.2) is 78.8 Å². The number of ether oxygens (including phenoxy) is 1. The summed E-state index contributed by atoms with van der Waals surface area (Å²) in [7, 11) is 0. The summed E-state index contributed by atoms with van der Waals surface area (Å²) in [6.07, 6.45) is 7.50. The minimum Gasteiger partial charge on any atom is -0.488 e. The zero-order valence-corrected chi connectivity index (χ0v) is 23.4. The molecule has 2 aliphatic rings. The van der Waals surface area contributed by atoms with Crippen LogP contribution in [0.25, 0.3) is 11.0 Å². The van der Waals surface area contributed by atoms with Crippen LogP contribution in [0.5, 0.6) is 5.75 Å². The van der Waals surface area contributed by atoms with Crippen LogP contribution < -0.4 is 15.0 Å². The van der Waals surface area contributed by atoms with Crippen LogP contribution >= 0.6 is 0 Å². The number of carbonyl (C=O) groups is 1. The molecule has 3 aromatic heterocycles. The molecule has 0 saturated carbocycles. The summed E-state index contributed by atoms with van der Waals surface area (Å²) in [6, 6.07) is 4.06. The number of β-amino-alcohol motifs (C(OH)–C–C–N with tert-alkyl or cyclic N) is 1. The summed E-state index contributed by atoms with van der Waals surface area (Å²) in [5.74, 6) is -0.167. The lowest BCUT2D eigenvalue weighted by Gasteiger charge is -2.32. The van der Waals surface area contributed by atoms with Crippen molar-refractivity contribution in [3.63, 3.8) is 0 Å². The number of halogens is 2. The number of anilines is 3. The lowest BCUT2D eigenvalue weighted by atomic mass is 10.1. The van der Waals surface area contributed by atoms with Crippen LogP contribution in [0.15, 0.2) is 43.1 Å². The van der Waals surface area contributed by atoms with E-state index in [2.05, 4.69) is 30.2 Å². The molecule has 0 spiro atoms. The van der Waals surface area contributed by atoms with Gasteiger partial charge in [-0.1, -0.05) is 0 Å². The predicted molar refractivity (Wildman–Crippen MR) is 152 cm³/mol. The molecule has 42 heavy (non-hydrogen) atoms. The van der Waals surface area contributed by atoms with Crippen LogP contribution in [0.4, 0.5) is 26.2 Å². The van der Waals surface area contributed by atoms with Gasteiger partial charge in [0.1, 0.15) is 23.6 Å². The molecule has 2 saturated heterocycles. The number of nitrogens with zero attached hydrogens (tertiary/aromatic N) is 7. The molecule has 1 aromatic carbocycles. The number of likely N-dealkylation sites (tertiary alicyclic amines) is 1. The fourth-order valence-electron chi connectivity index (χ4n) is 5.55. The van der Waals surface area contributed by atoms with Crippen molar-refractivity contribution in [3.05, 3.63) is 60.3 Å². The first-order valence-corrected chi connectivity index (χ1v) is 14.1. The molecule has 2 N–H and O–H groups in total. The molecule has 1 atom stereocenters. The highest BCUT2D eigenvalue weighted by atomic mass is 19.1. The van der Waals surface area contributed by atoms with Gasteiger partial charge in [0.2, 0.25) is 5.95 Å². The van der Waals surface area contributed by atoms with Crippen molar-refractivity contribution in [1.82, 2.24) is 29.4 Å². The van der Waals surface area contributed by atoms with E-state index in [0.717, 1.165) is 18.9 Å². The molecule has 6 rings (SSSR count). The van der Waals surface area contributed by atoms with Gasteiger partial charge in [-0.15, -0.1) is 0 Å². The van der Waals surface area contributed by atoms with Crippen molar-refractivity contribution in [3.8, 4) is 5.75 Å². The number of carbonyl (C=O) groups excluding carboxylic acids is 1. The van der Waals surface area contributed by atoms with E-state index >= 15 is 8.78 Å². The topological polar surface area (TPSA) is 122 Å². The highest BCUT2D eigenvalue weighted by Gasteiger charge is 2.28. The lowest BCUT2D eigenvalue weighted by Crippen LogP contribution is -2.35. The third-order valence-corrected chi connectivity index (χ3v) is 7.61. The van der Waals surface area contributed by atoms with Crippen LogP contribution in [0.2, 0.25) is 0 Å². The number of hydrogen-bond donors (Lipinski definition) is 2. The molecule has 11 nitrogen and oxygen atoms in total. The van der Waals surface area contributed by atoms with Gasteiger partial charge in [-0.05, 0) is 51.3 Å². The normalized spacial score (nSPS) is 17.8. The van der Waals surface area contributed by atoms with Crippen LogP contribution in [0, 0.1) is 11.6 Å². The zero-order chi connectivity index (χ0) is 29.4. The van der Waals surface area contributed by atoms with Gasteiger partial charge in [0.25, 0.3) is 5.91 Å². The van der Waals surface area contributed by atoms with Crippen LogP contribution in [0.3, 0.4) is 0 Å². The molecule has 0 radical (unpaired) electrons. The zero-order valence-electron chi connectivity index (χ0n) is 23.4. The molecule has 5 heterocycles. The molecule has 2 aliphatic heterocycles. The van der Waals surface area contributed by atoms with Crippen LogP contribution in [0.1, 0.15) is 49.5 Å². The van der Waals surface area contributed by atoms with E-state index in [9.17, 15) is 9.90 Å². The minimum atomic E-state index is -0.675. The first kappa shape index (κ1) is 27.8. The van der Waals surface area contributed by atoms with Gasteiger partial charge >= 0.3 is 0 Å². The number of nitrogens with one attached hydrogen (secondary N) is 1. The average Bonchev–Trinajstić information content (AvgIpc) is 3.57. The molecule has 1 amide bonds. The Balaban J connectivity index is 1.16. The lowest BCUT2D eigenvalue weighted by molar-refractivity contribution is 0.0764. The van der Waals surface area contributed by atoms with Crippen molar-refractivity contribution >= 4 is 34.4 Å². The maximum absolute atomic E-state index is 15.3. The number of aliphatic hydroxyl groups is 1. The fraction of sp³-hybridized carbons (Fsp3) is 0.414. The fourth-order valence-corrected chi connectivity index (χ4v) is 5.55. The molecule has 13 heteroatoms. The Bertz CT molecular complexity index is 1590. The third-order valence-electron chi connectivity index (χ3n) is 7.61. The number of rotatable bonds is 7. The van der Waals surface area contributed by atoms with Gasteiger partial charge in [0, 0.05) is 44.0 Å². The van der Waals surface area contributed by atoms with E-state index in [4.69, 9.17) is 4.74 Å². The largest absolute Gasteiger partial charge is 0.488 e.